The summed E-state index contributed by atoms with van der Waals surface area (Å²) in [5.41, 5.74) is 0.939. The Hall–Kier alpha value is -1.40. The summed E-state index contributed by atoms with van der Waals surface area (Å²) in [7, 11) is -3.76. The van der Waals surface area contributed by atoms with Crippen molar-refractivity contribution < 1.29 is 18.3 Å². The molecule has 0 amide bonds. The van der Waals surface area contributed by atoms with Gasteiger partial charge in [0.05, 0.1) is 4.90 Å². The van der Waals surface area contributed by atoms with E-state index in [2.05, 4.69) is 4.72 Å². The highest BCUT2D eigenvalue weighted by atomic mass is 32.2. The van der Waals surface area contributed by atoms with E-state index in [-0.39, 0.29) is 11.3 Å². The zero-order valence-electron chi connectivity index (χ0n) is 9.67. The van der Waals surface area contributed by atoms with Gasteiger partial charge in [-0.2, -0.15) is 4.72 Å². The average molecular weight is 257 g/mol. The van der Waals surface area contributed by atoms with E-state index < -0.39 is 22.0 Å². The van der Waals surface area contributed by atoms with Crippen LogP contribution in [0, 0.1) is 6.92 Å². The largest absolute Gasteiger partial charge is 0.480 e. The van der Waals surface area contributed by atoms with E-state index in [0.29, 0.717) is 0 Å². The van der Waals surface area contributed by atoms with Crippen LogP contribution in [-0.4, -0.2) is 25.5 Å². The van der Waals surface area contributed by atoms with Crippen LogP contribution in [0.1, 0.15) is 18.9 Å². The first-order valence-electron chi connectivity index (χ1n) is 5.18. The third-order valence-corrected chi connectivity index (χ3v) is 3.82. The van der Waals surface area contributed by atoms with Crippen LogP contribution in [-0.2, 0) is 14.8 Å². The minimum absolute atomic E-state index is 0.0720. The summed E-state index contributed by atoms with van der Waals surface area (Å²) in [6.45, 7) is 3.45. The fraction of sp³-hybridized carbons (Fsp3) is 0.364. The summed E-state index contributed by atoms with van der Waals surface area (Å²) < 4.78 is 25.8. The number of aryl methyl sites for hydroxylation is 1. The Bertz CT molecular complexity index is 493. The van der Waals surface area contributed by atoms with E-state index in [4.69, 9.17) is 5.11 Å². The Morgan fingerprint density at radius 1 is 1.35 bits per heavy atom. The topological polar surface area (TPSA) is 83.5 Å². The number of aliphatic carboxylic acids is 1. The van der Waals surface area contributed by atoms with Crippen molar-refractivity contribution in [1.82, 2.24) is 4.72 Å². The van der Waals surface area contributed by atoms with E-state index in [1.165, 1.54) is 12.1 Å². The van der Waals surface area contributed by atoms with Gasteiger partial charge in [-0.05, 0) is 25.5 Å². The lowest BCUT2D eigenvalue weighted by Gasteiger charge is -2.12. The number of sulfonamides is 1. The summed E-state index contributed by atoms with van der Waals surface area (Å²) >= 11 is 0. The minimum atomic E-state index is -3.76. The molecule has 0 aliphatic heterocycles. The third kappa shape index (κ3) is 3.54. The molecule has 0 bridgehead atoms. The van der Waals surface area contributed by atoms with Crippen molar-refractivity contribution in [3.63, 3.8) is 0 Å². The molecule has 0 spiro atoms. The van der Waals surface area contributed by atoms with E-state index in [1.54, 1.807) is 19.1 Å². The molecule has 0 aliphatic carbocycles. The third-order valence-electron chi connectivity index (χ3n) is 2.34. The Morgan fingerprint density at radius 3 is 2.29 bits per heavy atom. The van der Waals surface area contributed by atoms with Crippen LogP contribution >= 0.6 is 0 Å². The van der Waals surface area contributed by atoms with Crippen LogP contribution in [0.4, 0.5) is 0 Å². The summed E-state index contributed by atoms with van der Waals surface area (Å²) in [5, 5.41) is 8.80. The van der Waals surface area contributed by atoms with Crippen molar-refractivity contribution in [2.75, 3.05) is 0 Å². The predicted molar refractivity (Wildman–Crippen MR) is 63.2 cm³/mol. The van der Waals surface area contributed by atoms with Crippen molar-refractivity contribution in [3.8, 4) is 0 Å². The molecule has 94 valence electrons. The van der Waals surface area contributed by atoms with Gasteiger partial charge in [0.15, 0.2) is 0 Å². The SMILES string of the molecule is CC[C@@H](NS(=O)(=O)c1ccc(C)cc1)C(=O)O. The van der Waals surface area contributed by atoms with E-state index in [0.717, 1.165) is 5.56 Å². The highest BCUT2D eigenvalue weighted by molar-refractivity contribution is 7.89. The van der Waals surface area contributed by atoms with Crippen LogP contribution in [0.2, 0.25) is 0 Å². The van der Waals surface area contributed by atoms with Gasteiger partial charge in [0.25, 0.3) is 0 Å². The molecule has 17 heavy (non-hydrogen) atoms. The molecular formula is C11H15NO4S. The lowest BCUT2D eigenvalue weighted by atomic mass is 10.2. The first kappa shape index (κ1) is 13.7. The molecule has 5 nitrogen and oxygen atoms in total. The van der Waals surface area contributed by atoms with Gasteiger partial charge in [-0.15, -0.1) is 0 Å². The minimum Gasteiger partial charge on any atom is -0.480 e. The summed E-state index contributed by atoms with van der Waals surface area (Å²) in [6.07, 6.45) is 0.195. The maximum Gasteiger partial charge on any atom is 0.321 e. The quantitative estimate of drug-likeness (QED) is 0.828. The van der Waals surface area contributed by atoms with Crippen LogP contribution in [0.25, 0.3) is 0 Å². The van der Waals surface area contributed by atoms with Gasteiger partial charge in [0.1, 0.15) is 6.04 Å². The molecule has 0 unspecified atom stereocenters. The maximum absolute atomic E-state index is 11.8. The van der Waals surface area contributed by atoms with Gasteiger partial charge in [-0.1, -0.05) is 24.6 Å². The first-order chi connectivity index (χ1) is 7.86. The fourth-order valence-electron chi connectivity index (χ4n) is 1.28. The molecule has 1 aromatic carbocycles. The van der Waals surface area contributed by atoms with Crippen molar-refractivity contribution in [3.05, 3.63) is 29.8 Å². The van der Waals surface area contributed by atoms with Crippen LogP contribution in [0.3, 0.4) is 0 Å². The molecule has 1 atom stereocenters. The van der Waals surface area contributed by atoms with Gasteiger partial charge < -0.3 is 5.11 Å². The van der Waals surface area contributed by atoms with Crippen LogP contribution < -0.4 is 4.72 Å². The number of nitrogens with one attached hydrogen (secondary N) is 1. The van der Waals surface area contributed by atoms with E-state index in [9.17, 15) is 13.2 Å². The summed E-state index contributed by atoms with van der Waals surface area (Å²) in [6, 6.07) is 5.13. The van der Waals surface area contributed by atoms with Gasteiger partial charge in [0.2, 0.25) is 10.0 Å². The second kappa shape index (κ2) is 5.29. The normalized spacial score (nSPS) is 13.3. The molecule has 0 heterocycles. The molecular weight excluding hydrogens is 242 g/mol. The highest BCUT2D eigenvalue weighted by Crippen LogP contribution is 2.11. The average Bonchev–Trinajstić information content (AvgIpc) is 2.26. The number of benzene rings is 1. The Balaban J connectivity index is 2.96. The van der Waals surface area contributed by atoms with Gasteiger partial charge in [0, 0.05) is 0 Å². The van der Waals surface area contributed by atoms with Gasteiger partial charge in [-0.25, -0.2) is 8.42 Å². The second-order valence-electron chi connectivity index (χ2n) is 3.73. The number of carbonyl (C=O) groups is 1. The number of hydrogen-bond donors (Lipinski definition) is 2. The molecule has 6 heteroatoms. The number of carboxylic acid groups (broad SMARTS) is 1. The summed E-state index contributed by atoms with van der Waals surface area (Å²) in [5.74, 6) is -1.18. The molecule has 1 aromatic rings. The number of carboxylic acids is 1. The van der Waals surface area contributed by atoms with Gasteiger partial charge >= 0.3 is 5.97 Å². The van der Waals surface area contributed by atoms with Crippen LogP contribution in [0.15, 0.2) is 29.2 Å². The van der Waals surface area contributed by atoms with Gasteiger partial charge in [-0.3, -0.25) is 4.79 Å². The van der Waals surface area contributed by atoms with Crippen molar-refractivity contribution in [2.24, 2.45) is 0 Å². The molecule has 1 rings (SSSR count). The molecule has 0 saturated heterocycles. The molecule has 0 aliphatic rings. The molecule has 0 radical (unpaired) electrons. The summed E-state index contributed by atoms with van der Waals surface area (Å²) in [4.78, 5) is 10.8. The second-order valence-corrected chi connectivity index (χ2v) is 5.45. The molecule has 0 aromatic heterocycles. The Labute approximate surface area is 101 Å². The first-order valence-corrected chi connectivity index (χ1v) is 6.67. The molecule has 0 saturated carbocycles. The predicted octanol–water partition coefficient (Wildman–Crippen LogP) is 1.14. The van der Waals surface area contributed by atoms with Crippen molar-refractivity contribution in [1.29, 1.82) is 0 Å². The van der Waals surface area contributed by atoms with E-state index >= 15 is 0 Å². The zero-order valence-corrected chi connectivity index (χ0v) is 10.5. The lowest BCUT2D eigenvalue weighted by molar-refractivity contribution is -0.139. The van der Waals surface area contributed by atoms with Crippen molar-refractivity contribution >= 4 is 16.0 Å². The molecule has 2 N–H and O–H groups in total. The number of hydrogen-bond acceptors (Lipinski definition) is 3. The highest BCUT2D eigenvalue weighted by Gasteiger charge is 2.23. The van der Waals surface area contributed by atoms with Crippen LogP contribution in [0.5, 0.6) is 0 Å². The number of rotatable bonds is 5. The monoisotopic (exact) mass is 257 g/mol. The Kier molecular flexibility index (Phi) is 4.25. The zero-order chi connectivity index (χ0) is 13.1. The Morgan fingerprint density at radius 2 is 1.88 bits per heavy atom. The van der Waals surface area contributed by atoms with Crippen molar-refractivity contribution in [2.45, 2.75) is 31.2 Å². The molecule has 0 fully saturated rings. The standard InChI is InChI=1S/C11H15NO4S/c1-3-10(11(13)14)12-17(15,16)9-6-4-8(2)5-7-9/h4-7,10,12H,3H2,1-2H3,(H,13,14)/t10-/m1/s1. The smallest absolute Gasteiger partial charge is 0.321 e. The van der Waals surface area contributed by atoms with E-state index in [1.807, 2.05) is 6.92 Å². The maximum atomic E-state index is 11.8. The lowest BCUT2D eigenvalue weighted by Crippen LogP contribution is -2.40. The fourth-order valence-corrected chi connectivity index (χ4v) is 2.55.